The molecule has 0 bridgehead atoms. The van der Waals surface area contributed by atoms with E-state index in [9.17, 15) is 0 Å². The molecule has 0 spiro atoms. The smallest absolute Gasteiger partial charge is 0.188 e. The van der Waals surface area contributed by atoms with Gasteiger partial charge in [-0.15, -0.1) is 24.0 Å². The fraction of sp³-hybridized carbons (Fsp3) is 0.909. The maximum Gasteiger partial charge on any atom is 0.188 e. The zero-order chi connectivity index (χ0) is 10.9. The highest BCUT2D eigenvalue weighted by Gasteiger charge is 2.20. The van der Waals surface area contributed by atoms with Gasteiger partial charge in [0.05, 0.1) is 0 Å². The third kappa shape index (κ3) is 9.21. The van der Waals surface area contributed by atoms with Crippen LogP contribution in [0.4, 0.5) is 0 Å². The van der Waals surface area contributed by atoms with Crippen LogP contribution < -0.4 is 11.1 Å². The Hall–Kier alpha value is -0.0400. The van der Waals surface area contributed by atoms with E-state index in [4.69, 9.17) is 10.5 Å². The highest BCUT2D eigenvalue weighted by molar-refractivity contribution is 14.0. The van der Waals surface area contributed by atoms with E-state index < -0.39 is 0 Å². The van der Waals surface area contributed by atoms with Crippen LogP contribution >= 0.6 is 24.0 Å². The number of hydrogen-bond donors (Lipinski definition) is 2. The number of guanidine groups is 1. The molecule has 0 atom stereocenters. The molecule has 16 heavy (non-hydrogen) atoms. The zero-order valence-electron chi connectivity index (χ0n) is 10.1. The Kier molecular flexibility index (Phi) is 10.1. The van der Waals surface area contributed by atoms with Crippen molar-refractivity contribution in [1.29, 1.82) is 0 Å². The summed E-state index contributed by atoms with van der Waals surface area (Å²) in [5.41, 5.74) is 5.63. The van der Waals surface area contributed by atoms with E-state index in [1.165, 1.54) is 12.8 Å². The third-order valence-electron chi connectivity index (χ3n) is 2.33. The first-order chi connectivity index (χ1) is 7.33. The molecular formula is C11H24IN3O. The first kappa shape index (κ1) is 16.0. The Bertz CT molecular complexity index is 196. The average Bonchev–Trinajstić information content (AvgIpc) is 3.04. The first-order valence-electron chi connectivity index (χ1n) is 5.94. The monoisotopic (exact) mass is 341 g/mol. The number of nitrogens with one attached hydrogen (secondary N) is 1. The van der Waals surface area contributed by atoms with Crippen molar-refractivity contribution in [3.05, 3.63) is 0 Å². The van der Waals surface area contributed by atoms with E-state index in [0.29, 0.717) is 5.96 Å². The van der Waals surface area contributed by atoms with Crippen LogP contribution in [0.15, 0.2) is 4.99 Å². The third-order valence-corrected chi connectivity index (χ3v) is 2.33. The molecule has 0 saturated heterocycles. The summed E-state index contributed by atoms with van der Waals surface area (Å²) in [7, 11) is 0. The first-order valence-corrected chi connectivity index (χ1v) is 5.94. The molecule has 4 nitrogen and oxygen atoms in total. The number of nitrogens with zero attached hydrogens (tertiary/aromatic N) is 1. The van der Waals surface area contributed by atoms with E-state index in [1.54, 1.807) is 0 Å². The van der Waals surface area contributed by atoms with Crippen molar-refractivity contribution >= 4 is 29.9 Å². The summed E-state index contributed by atoms with van der Waals surface area (Å²) in [6.07, 6.45) is 4.74. The summed E-state index contributed by atoms with van der Waals surface area (Å²) in [5.74, 6) is 1.41. The number of rotatable bonds is 8. The topological polar surface area (TPSA) is 59.6 Å². The Morgan fingerprint density at radius 2 is 2.25 bits per heavy atom. The molecule has 1 aliphatic rings. The summed E-state index contributed by atoms with van der Waals surface area (Å²) in [6, 6.07) is 0. The van der Waals surface area contributed by atoms with Gasteiger partial charge in [0, 0.05) is 26.3 Å². The average molecular weight is 341 g/mol. The van der Waals surface area contributed by atoms with Crippen molar-refractivity contribution < 1.29 is 4.74 Å². The quantitative estimate of drug-likeness (QED) is 0.306. The fourth-order valence-electron chi connectivity index (χ4n) is 1.21. The lowest BCUT2D eigenvalue weighted by atomic mass is 10.4. The van der Waals surface area contributed by atoms with Crippen molar-refractivity contribution in [2.24, 2.45) is 16.6 Å². The molecule has 5 heteroatoms. The molecule has 0 unspecified atom stereocenters. The van der Waals surface area contributed by atoms with Crippen molar-refractivity contribution in [2.45, 2.75) is 32.6 Å². The molecule has 0 aromatic carbocycles. The summed E-state index contributed by atoms with van der Waals surface area (Å²) in [4.78, 5) is 4.14. The summed E-state index contributed by atoms with van der Waals surface area (Å²) < 4.78 is 5.50. The minimum atomic E-state index is 0. The van der Waals surface area contributed by atoms with E-state index in [0.717, 1.165) is 45.1 Å². The predicted molar refractivity (Wildman–Crippen MR) is 78.4 cm³/mol. The van der Waals surface area contributed by atoms with Gasteiger partial charge in [-0.3, -0.25) is 4.99 Å². The van der Waals surface area contributed by atoms with Crippen molar-refractivity contribution in [1.82, 2.24) is 5.32 Å². The van der Waals surface area contributed by atoms with Crippen LogP contribution in [-0.2, 0) is 4.74 Å². The largest absolute Gasteiger partial charge is 0.381 e. The van der Waals surface area contributed by atoms with Crippen molar-refractivity contribution in [2.75, 3.05) is 26.3 Å². The molecule has 0 heterocycles. The van der Waals surface area contributed by atoms with Gasteiger partial charge in [0.25, 0.3) is 0 Å². The minimum Gasteiger partial charge on any atom is -0.381 e. The second-order valence-electron chi connectivity index (χ2n) is 4.07. The van der Waals surface area contributed by atoms with Gasteiger partial charge in [0.2, 0.25) is 0 Å². The molecule has 3 N–H and O–H groups in total. The lowest BCUT2D eigenvalue weighted by Crippen LogP contribution is -2.33. The lowest BCUT2D eigenvalue weighted by Gasteiger charge is -2.05. The number of nitrogens with two attached hydrogens (primary N) is 1. The number of aliphatic imine (C=N–C) groups is 1. The maximum atomic E-state index is 5.63. The fourth-order valence-corrected chi connectivity index (χ4v) is 1.21. The van der Waals surface area contributed by atoms with Crippen LogP contribution in [0.2, 0.25) is 0 Å². The minimum absolute atomic E-state index is 0. The van der Waals surface area contributed by atoms with Gasteiger partial charge in [0.15, 0.2) is 5.96 Å². The van der Waals surface area contributed by atoms with Gasteiger partial charge >= 0.3 is 0 Å². The molecule has 0 aromatic rings. The highest BCUT2D eigenvalue weighted by atomic mass is 127. The number of halogens is 1. The van der Waals surface area contributed by atoms with Gasteiger partial charge < -0.3 is 15.8 Å². The number of hydrogen-bond acceptors (Lipinski definition) is 2. The Morgan fingerprint density at radius 3 is 2.88 bits per heavy atom. The van der Waals surface area contributed by atoms with E-state index in [1.807, 2.05) is 0 Å². The molecule has 0 amide bonds. The molecule has 1 fully saturated rings. The highest BCUT2D eigenvalue weighted by Crippen LogP contribution is 2.28. The summed E-state index contributed by atoms with van der Waals surface area (Å²) >= 11 is 0. The molecule has 0 aromatic heterocycles. The van der Waals surface area contributed by atoms with Gasteiger partial charge in [-0.2, -0.15) is 0 Å². The molecular weight excluding hydrogens is 317 g/mol. The van der Waals surface area contributed by atoms with Crippen LogP contribution in [0, 0.1) is 5.92 Å². The van der Waals surface area contributed by atoms with Crippen molar-refractivity contribution in [3.63, 3.8) is 0 Å². The molecule has 0 radical (unpaired) electrons. The molecule has 0 aliphatic heterocycles. The van der Waals surface area contributed by atoms with Crippen molar-refractivity contribution in [3.8, 4) is 0 Å². The number of ether oxygens (including phenoxy) is 1. The zero-order valence-corrected chi connectivity index (χ0v) is 12.4. The lowest BCUT2D eigenvalue weighted by molar-refractivity contribution is 0.123. The summed E-state index contributed by atoms with van der Waals surface area (Å²) in [5, 5.41) is 3.07. The van der Waals surface area contributed by atoms with Gasteiger partial charge in [-0.05, 0) is 31.6 Å². The standard InChI is InChI=1S/C11H23N3O.HI/c1-2-6-13-11(12)14-7-3-8-15-9-10-4-5-10;/h10H,2-9H2,1H3,(H3,12,13,14);1H. The Balaban J connectivity index is 0.00000225. The van der Waals surface area contributed by atoms with Crippen LogP contribution in [0.5, 0.6) is 0 Å². The van der Waals surface area contributed by atoms with Crippen LogP contribution in [0.25, 0.3) is 0 Å². The second-order valence-corrected chi connectivity index (χ2v) is 4.07. The molecule has 1 rings (SSSR count). The summed E-state index contributed by atoms with van der Waals surface area (Å²) in [6.45, 7) is 5.51. The van der Waals surface area contributed by atoms with E-state index in [2.05, 4.69) is 17.2 Å². The van der Waals surface area contributed by atoms with Crippen LogP contribution in [0.1, 0.15) is 32.6 Å². The molecule has 1 aliphatic carbocycles. The maximum absolute atomic E-state index is 5.63. The predicted octanol–water partition coefficient (Wildman–Crippen LogP) is 1.74. The van der Waals surface area contributed by atoms with Gasteiger partial charge in [-0.1, -0.05) is 6.92 Å². The van der Waals surface area contributed by atoms with E-state index >= 15 is 0 Å². The molecule has 1 saturated carbocycles. The van der Waals surface area contributed by atoms with Crippen LogP contribution in [0.3, 0.4) is 0 Å². The Morgan fingerprint density at radius 1 is 1.50 bits per heavy atom. The Labute approximate surface area is 115 Å². The second kappa shape index (κ2) is 10.1. The van der Waals surface area contributed by atoms with Crippen LogP contribution in [-0.4, -0.2) is 32.3 Å². The van der Waals surface area contributed by atoms with E-state index in [-0.39, 0.29) is 24.0 Å². The van der Waals surface area contributed by atoms with Gasteiger partial charge in [-0.25, -0.2) is 0 Å². The normalized spacial score (nSPS) is 15.7. The SMILES string of the molecule is CCCN=C(N)NCCCOCC1CC1.I. The molecule has 96 valence electrons. The van der Waals surface area contributed by atoms with Gasteiger partial charge in [0.1, 0.15) is 0 Å².